The molecule has 0 bridgehead atoms. The molecule has 0 aliphatic heterocycles. The van der Waals surface area contributed by atoms with Crippen LogP contribution < -0.4 is 14.8 Å². The number of amides is 1. The van der Waals surface area contributed by atoms with Gasteiger partial charge in [0.1, 0.15) is 11.6 Å². The third kappa shape index (κ3) is 4.91. The van der Waals surface area contributed by atoms with Crippen molar-refractivity contribution in [3.8, 4) is 23.3 Å². The molecular formula is C24H22IN3O3. The van der Waals surface area contributed by atoms with Crippen LogP contribution in [-0.4, -0.2) is 24.7 Å². The summed E-state index contributed by atoms with van der Waals surface area (Å²) in [5, 5.41) is 12.3. The lowest BCUT2D eigenvalue weighted by molar-refractivity contribution is -0.112. The number of methoxy groups -OCH3 is 2. The lowest BCUT2D eigenvalue weighted by atomic mass is 10.1. The number of aryl methyl sites for hydroxylation is 1. The molecule has 0 unspecified atom stereocenters. The van der Waals surface area contributed by atoms with E-state index < -0.39 is 5.91 Å². The molecule has 1 heterocycles. The van der Waals surface area contributed by atoms with Gasteiger partial charge in [-0.15, -0.1) is 0 Å². The molecule has 7 heteroatoms. The van der Waals surface area contributed by atoms with Gasteiger partial charge in [0.05, 0.1) is 14.2 Å². The van der Waals surface area contributed by atoms with Crippen molar-refractivity contribution in [2.75, 3.05) is 19.5 Å². The van der Waals surface area contributed by atoms with Crippen LogP contribution in [-0.2, 0) is 4.79 Å². The molecule has 0 spiro atoms. The summed E-state index contributed by atoms with van der Waals surface area (Å²) >= 11 is 2.27. The highest BCUT2D eigenvalue weighted by Crippen LogP contribution is 2.30. The van der Waals surface area contributed by atoms with Crippen molar-refractivity contribution in [2.24, 2.45) is 0 Å². The predicted octanol–water partition coefficient (Wildman–Crippen LogP) is 5.26. The molecule has 0 saturated carbocycles. The third-order valence-electron chi connectivity index (χ3n) is 4.86. The van der Waals surface area contributed by atoms with Crippen molar-refractivity contribution >= 4 is 40.3 Å². The molecule has 6 nitrogen and oxygen atoms in total. The van der Waals surface area contributed by atoms with E-state index in [9.17, 15) is 10.1 Å². The van der Waals surface area contributed by atoms with Crippen LogP contribution in [0.15, 0.2) is 54.1 Å². The summed E-state index contributed by atoms with van der Waals surface area (Å²) < 4.78 is 13.7. The summed E-state index contributed by atoms with van der Waals surface area (Å²) in [6.45, 7) is 3.97. The normalized spacial score (nSPS) is 11.0. The Labute approximate surface area is 195 Å². The average Bonchev–Trinajstić information content (AvgIpc) is 3.05. The lowest BCUT2D eigenvalue weighted by Crippen LogP contribution is -2.13. The zero-order valence-corrected chi connectivity index (χ0v) is 19.9. The summed E-state index contributed by atoms with van der Waals surface area (Å²) in [6.07, 6.45) is 1.61. The first kappa shape index (κ1) is 22.4. The van der Waals surface area contributed by atoms with E-state index >= 15 is 0 Å². The Bertz CT molecular complexity index is 1190. The second kappa shape index (κ2) is 9.71. The number of hydrogen-bond donors (Lipinski definition) is 1. The fraction of sp³-hybridized carbons (Fsp3) is 0.167. The van der Waals surface area contributed by atoms with E-state index in [0.29, 0.717) is 17.2 Å². The van der Waals surface area contributed by atoms with Gasteiger partial charge in [-0.1, -0.05) is 0 Å². The van der Waals surface area contributed by atoms with Crippen LogP contribution in [0.3, 0.4) is 0 Å². The standard InChI is InChI=1S/C24H22IN3O3/c1-15-11-17(16(2)28(15)21-8-5-19(25)6-9-21)12-18(14-26)24(29)27-20-7-10-22(30-3)23(13-20)31-4/h5-13H,1-4H3,(H,27,29)/b18-12+. The second-order valence-electron chi connectivity index (χ2n) is 6.83. The Morgan fingerprint density at radius 2 is 1.74 bits per heavy atom. The monoisotopic (exact) mass is 527 g/mol. The summed E-state index contributed by atoms with van der Waals surface area (Å²) in [4.78, 5) is 12.7. The Hall–Kier alpha value is -3.25. The number of hydrogen-bond acceptors (Lipinski definition) is 4. The van der Waals surface area contributed by atoms with Gasteiger partial charge in [-0.2, -0.15) is 5.26 Å². The number of halogens is 1. The van der Waals surface area contributed by atoms with Gasteiger partial charge < -0.3 is 19.4 Å². The number of nitrogens with one attached hydrogen (secondary N) is 1. The van der Waals surface area contributed by atoms with Crippen LogP contribution in [0, 0.1) is 28.7 Å². The molecule has 1 amide bonds. The number of ether oxygens (including phenoxy) is 2. The number of nitrogens with zero attached hydrogens (tertiary/aromatic N) is 2. The Morgan fingerprint density at radius 1 is 1.06 bits per heavy atom. The van der Waals surface area contributed by atoms with Crippen molar-refractivity contribution in [1.29, 1.82) is 5.26 Å². The number of nitriles is 1. The fourth-order valence-electron chi connectivity index (χ4n) is 3.34. The summed E-state index contributed by atoms with van der Waals surface area (Å²) in [7, 11) is 3.06. The molecule has 0 saturated heterocycles. The lowest BCUT2D eigenvalue weighted by Gasteiger charge is -2.10. The van der Waals surface area contributed by atoms with Crippen molar-refractivity contribution in [1.82, 2.24) is 4.57 Å². The topological polar surface area (TPSA) is 76.3 Å². The molecule has 31 heavy (non-hydrogen) atoms. The van der Waals surface area contributed by atoms with Gasteiger partial charge in [0, 0.05) is 32.4 Å². The van der Waals surface area contributed by atoms with Crippen molar-refractivity contribution < 1.29 is 14.3 Å². The molecule has 0 aliphatic rings. The number of aromatic nitrogens is 1. The smallest absolute Gasteiger partial charge is 0.266 e. The first-order valence-electron chi connectivity index (χ1n) is 9.48. The molecule has 1 N–H and O–H groups in total. The summed E-state index contributed by atoms with van der Waals surface area (Å²) in [6, 6.07) is 17.2. The Kier molecular flexibility index (Phi) is 7.02. The van der Waals surface area contributed by atoms with Crippen molar-refractivity contribution in [3.05, 3.63) is 74.6 Å². The summed E-state index contributed by atoms with van der Waals surface area (Å²) in [5.41, 5.74) is 4.33. The van der Waals surface area contributed by atoms with Crippen LogP contribution in [0.25, 0.3) is 11.8 Å². The first-order valence-corrected chi connectivity index (χ1v) is 10.6. The van der Waals surface area contributed by atoms with Crippen LogP contribution in [0.5, 0.6) is 11.5 Å². The van der Waals surface area contributed by atoms with Crippen LogP contribution >= 0.6 is 22.6 Å². The highest BCUT2D eigenvalue weighted by atomic mass is 127. The van der Waals surface area contributed by atoms with E-state index in [2.05, 4.69) is 32.5 Å². The average molecular weight is 527 g/mol. The van der Waals surface area contributed by atoms with Crippen LogP contribution in [0.4, 0.5) is 5.69 Å². The van der Waals surface area contributed by atoms with E-state index in [4.69, 9.17) is 9.47 Å². The molecule has 0 fully saturated rings. The van der Waals surface area contributed by atoms with E-state index in [1.165, 1.54) is 7.11 Å². The molecule has 3 rings (SSSR count). The molecule has 0 radical (unpaired) electrons. The Morgan fingerprint density at radius 3 is 2.35 bits per heavy atom. The van der Waals surface area contributed by atoms with Gasteiger partial charge in [0.15, 0.2) is 11.5 Å². The van der Waals surface area contributed by atoms with Crippen molar-refractivity contribution in [3.63, 3.8) is 0 Å². The largest absolute Gasteiger partial charge is 0.493 e. The molecule has 0 aliphatic carbocycles. The highest BCUT2D eigenvalue weighted by molar-refractivity contribution is 14.1. The quantitative estimate of drug-likeness (QED) is 0.270. The minimum Gasteiger partial charge on any atom is -0.493 e. The Balaban J connectivity index is 1.90. The third-order valence-corrected chi connectivity index (χ3v) is 5.58. The highest BCUT2D eigenvalue weighted by Gasteiger charge is 2.15. The van der Waals surface area contributed by atoms with Gasteiger partial charge in [-0.3, -0.25) is 4.79 Å². The molecular weight excluding hydrogens is 505 g/mol. The SMILES string of the molecule is COc1ccc(NC(=O)/C(C#N)=C/c2cc(C)n(-c3ccc(I)cc3)c2C)cc1OC. The van der Waals surface area contributed by atoms with E-state index in [0.717, 1.165) is 26.2 Å². The molecule has 0 atom stereocenters. The van der Waals surface area contributed by atoms with E-state index in [1.807, 2.05) is 50.2 Å². The minimum atomic E-state index is -0.492. The molecule has 2 aromatic carbocycles. The number of anilines is 1. The molecule has 158 valence electrons. The second-order valence-corrected chi connectivity index (χ2v) is 8.08. The fourth-order valence-corrected chi connectivity index (χ4v) is 3.70. The predicted molar refractivity (Wildman–Crippen MR) is 130 cm³/mol. The maximum absolute atomic E-state index is 12.7. The van der Waals surface area contributed by atoms with E-state index in [-0.39, 0.29) is 5.57 Å². The van der Waals surface area contributed by atoms with E-state index in [1.54, 1.807) is 31.4 Å². The van der Waals surface area contributed by atoms with Gasteiger partial charge in [-0.25, -0.2) is 0 Å². The zero-order valence-electron chi connectivity index (χ0n) is 17.7. The van der Waals surface area contributed by atoms with Gasteiger partial charge >= 0.3 is 0 Å². The maximum Gasteiger partial charge on any atom is 0.266 e. The van der Waals surface area contributed by atoms with Crippen LogP contribution in [0.1, 0.15) is 17.0 Å². The number of carbonyl (C=O) groups is 1. The zero-order chi connectivity index (χ0) is 22.5. The summed E-state index contributed by atoms with van der Waals surface area (Å²) in [5.74, 6) is 0.553. The van der Waals surface area contributed by atoms with Gasteiger partial charge in [0.2, 0.25) is 0 Å². The van der Waals surface area contributed by atoms with Gasteiger partial charge in [-0.05, 0) is 90.5 Å². The maximum atomic E-state index is 12.7. The number of benzene rings is 2. The van der Waals surface area contributed by atoms with Gasteiger partial charge in [0.25, 0.3) is 5.91 Å². The molecule has 3 aromatic rings. The van der Waals surface area contributed by atoms with Crippen LogP contribution in [0.2, 0.25) is 0 Å². The minimum absolute atomic E-state index is 0.0117. The van der Waals surface area contributed by atoms with Crippen molar-refractivity contribution in [2.45, 2.75) is 13.8 Å². The number of carbonyl (C=O) groups excluding carboxylic acids is 1. The first-order chi connectivity index (χ1) is 14.9. The molecule has 1 aromatic heterocycles. The number of rotatable bonds is 6.